The monoisotopic (exact) mass is 293 g/mol. The van der Waals surface area contributed by atoms with Crippen LogP contribution in [-0.2, 0) is 13.0 Å². The summed E-state index contributed by atoms with van der Waals surface area (Å²) >= 11 is 5.70. The zero-order chi connectivity index (χ0) is 14.7. The van der Waals surface area contributed by atoms with E-state index in [0.29, 0.717) is 18.8 Å². The summed E-state index contributed by atoms with van der Waals surface area (Å²) in [6.07, 6.45) is 0.585. The van der Waals surface area contributed by atoms with Crippen molar-refractivity contribution in [1.82, 2.24) is 9.55 Å². The van der Waals surface area contributed by atoms with E-state index in [1.54, 1.807) is 19.1 Å². The summed E-state index contributed by atoms with van der Waals surface area (Å²) in [6.45, 7) is 2.16. The lowest BCUT2D eigenvalue weighted by atomic mass is 10.1. The van der Waals surface area contributed by atoms with E-state index in [4.69, 9.17) is 11.6 Å². The zero-order valence-corrected chi connectivity index (χ0v) is 11.5. The molecule has 6 nitrogen and oxygen atoms in total. The highest BCUT2D eigenvalue weighted by Gasteiger charge is 2.06. The van der Waals surface area contributed by atoms with E-state index >= 15 is 0 Å². The Bertz CT molecular complexity index is 695. The Balaban J connectivity index is 2.13. The van der Waals surface area contributed by atoms with Crippen LogP contribution < -0.4 is 5.56 Å². The van der Waals surface area contributed by atoms with Crippen LogP contribution in [0.1, 0.15) is 11.4 Å². The van der Waals surface area contributed by atoms with Crippen LogP contribution in [0, 0.1) is 17.0 Å². The number of halogens is 1. The SMILES string of the molecule is Cc1nc(Cl)cc(=O)n1CCc1ccc([N+](=O)[O-])cc1. The first kappa shape index (κ1) is 14.2. The van der Waals surface area contributed by atoms with Crippen LogP contribution in [0.25, 0.3) is 0 Å². The molecule has 0 radical (unpaired) electrons. The van der Waals surface area contributed by atoms with Crippen molar-refractivity contribution in [2.75, 3.05) is 0 Å². The summed E-state index contributed by atoms with van der Waals surface area (Å²) < 4.78 is 1.52. The van der Waals surface area contributed by atoms with E-state index in [1.165, 1.54) is 22.8 Å². The minimum Gasteiger partial charge on any atom is -0.296 e. The molecule has 2 aromatic rings. The Labute approximate surface area is 119 Å². The minimum absolute atomic E-state index is 0.0512. The summed E-state index contributed by atoms with van der Waals surface area (Å²) in [6, 6.07) is 7.53. The molecule has 0 atom stereocenters. The van der Waals surface area contributed by atoms with E-state index in [2.05, 4.69) is 4.98 Å². The number of hydrogen-bond acceptors (Lipinski definition) is 4. The average Bonchev–Trinajstić information content (AvgIpc) is 2.38. The number of nitro groups is 1. The lowest BCUT2D eigenvalue weighted by Gasteiger charge is -2.08. The number of nitrogens with zero attached hydrogens (tertiary/aromatic N) is 3. The van der Waals surface area contributed by atoms with Gasteiger partial charge in [0.25, 0.3) is 11.2 Å². The molecule has 0 amide bonds. The Kier molecular flexibility index (Phi) is 4.14. The molecular formula is C13H12ClN3O3. The van der Waals surface area contributed by atoms with E-state index in [0.717, 1.165) is 5.56 Å². The lowest BCUT2D eigenvalue weighted by Crippen LogP contribution is -2.23. The fraction of sp³-hybridized carbons (Fsp3) is 0.231. The van der Waals surface area contributed by atoms with Crippen LogP contribution >= 0.6 is 11.6 Å². The molecule has 0 aliphatic rings. The number of aryl methyl sites for hydroxylation is 2. The number of benzene rings is 1. The molecule has 0 unspecified atom stereocenters. The van der Waals surface area contributed by atoms with E-state index in [1.807, 2.05) is 0 Å². The van der Waals surface area contributed by atoms with Gasteiger partial charge in [-0.2, -0.15) is 0 Å². The van der Waals surface area contributed by atoms with E-state index < -0.39 is 4.92 Å². The lowest BCUT2D eigenvalue weighted by molar-refractivity contribution is -0.384. The molecular weight excluding hydrogens is 282 g/mol. The highest BCUT2D eigenvalue weighted by molar-refractivity contribution is 6.29. The van der Waals surface area contributed by atoms with E-state index in [9.17, 15) is 14.9 Å². The number of hydrogen-bond donors (Lipinski definition) is 0. The van der Waals surface area contributed by atoms with Gasteiger partial charge in [0.2, 0.25) is 0 Å². The molecule has 0 aliphatic heterocycles. The molecule has 1 aromatic heterocycles. The maximum Gasteiger partial charge on any atom is 0.269 e. The Hall–Kier alpha value is -2.21. The molecule has 0 N–H and O–H groups in total. The quantitative estimate of drug-likeness (QED) is 0.492. The van der Waals surface area contributed by atoms with Gasteiger partial charge in [-0.05, 0) is 18.9 Å². The van der Waals surface area contributed by atoms with Crippen LogP contribution in [0.4, 0.5) is 5.69 Å². The topological polar surface area (TPSA) is 78.0 Å². The van der Waals surface area contributed by atoms with Crippen molar-refractivity contribution in [3.8, 4) is 0 Å². The molecule has 1 aromatic carbocycles. The smallest absolute Gasteiger partial charge is 0.269 e. The van der Waals surface area contributed by atoms with Crippen molar-refractivity contribution in [2.24, 2.45) is 0 Å². The first-order valence-electron chi connectivity index (χ1n) is 5.94. The highest BCUT2D eigenvalue weighted by Crippen LogP contribution is 2.12. The van der Waals surface area contributed by atoms with Gasteiger partial charge in [0, 0.05) is 24.7 Å². The Morgan fingerprint density at radius 1 is 1.35 bits per heavy atom. The minimum atomic E-state index is -0.443. The second-order valence-corrected chi connectivity index (χ2v) is 4.68. The van der Waals surface area contributed by atoms with E-state index in [-0.39, 0.29) is 16.4 Å². The summed E-state index contributed by atoms with van der Waals surface area (Å²) in [7, 11) is 0. The molecule has 1 heterocycles. The summed E-state index contributed by atoms with van der Waals surface area (Å²) in [5.74, 6) is 0.546. The molecule has 0 saturated heterocycles. The van der Waals surface area contributed by atoms with Gasteiger partial charge in [0.1, 0.15) is 11.0 Å². The van der Waals surface area contributed by atoms with Gasteiger partial charge in [-0.15, -0.1) is 0 Å². The average molecular weight is 294 g/mol. The molecule has 7 heteroatoms. The molecule has 0 aliphatic carbocycles. The summed E-state index contributed by atoms with van der Waals surface area (Å²) in [5, 5.41) is 10.7. The fourth-order valence-electron chi connectivity index (χ4n) is 1.88. The van der Waals surface area contributed by atoms with Crippen LogP contribution in [0.2, 0.25) is 5.15 Å². The number of nitro benzene ring substituents is 1. The Morgan fingerprint density at radius 2 is 2.00 bits per heavy atom. The second-order valence-electron chi connectivity index (χ2n) is 4.29. The van der Waals surface area contributed by atoms with Gasteiger partial charge in [0.15, 0.2) is 0 Å². The van der Waals surface area contributed by atoms with Crippen molar-refractivity contribution < 1.29 is 4.92 Å². The first-order valence-corrected chi connectivity index (χ1v) is 6.32. The predicted octanol–water partition coefficient (Wildman–Crippen LogP) is 2.36. The van der Waals surface area contributed by atoms with Crippen LogP contribution in [-0.4, -0.2) is 14.5 Å². The van der Waals surface area contributed by atoms with Crippen molar-refractivity contribution in [2.45, 2.75) is 19.9 Å². The number of non-ortho nitro benzene ring substituents is 1. The van der Waals surface area contributed by atoms with Crippen LogP contribution in [0.3, 0.4) is 0 Å². The largest absolute Gasteiger partial charge is 0.296 e. The predicted molar refractivity (Wildman–Crippen MR) is 75.0 cm³/mol. The first-order chi connectivity index (χ1) is 9.47. The van der Waals surface area contributed by atoms with Gasteiger partial charge in [0.05, 0.1) is 4.92 Å². The van der Waals surface area contributed by atoms with Crippen molar-refractivity contribution in [3.63, 3.8) is 0 Å². The molecule has 0 fully saturated rings. The molecule has 2 rings (SSSR count). The number of aromatic nitrogens is 2. The van der Waals surface area contributed by atoms with Crippen LogP contribution in [0.15, 0.2) is 35.1 Å². The fourth-order valence-corrected chi connectivity index (χ4v) is 2.10. The van der Waals surface area contributed by atoms with Crippen LogP contribution in [0.5, 0.6) is 0 Å². The maximum absolute atomic E-state index is 11.8. The summed E-state index contributed by atoms with van der Waals surface area (Å²) in [5.41, 5.74) is 0.761. The van der Waals surface area contributed by atoms with Gasteiger partial charge in [-0.1, -0.05) is 23.7 Å². The third-order valence-electron chi connectivity index (χ3n) is 2.94. The van der Waals surface area contributed by atoms with Gasteiger partial charge in [-0.25, -0.2) is 4.98 Å². The zero-order valence-electron chi connectivity index (χ0n) is 10.7. The maximum atomic E-state index is 11.8. The third kappa shape index (κ3) is 3.21. The number of rotatable bonds is 4. The summed E-state index contributed by atoms with van der Waals surface area (Å²) in [4.78, 5) is 25.9. The molecule has 20 heavy (non-hydrogen) atoms. The van der Waals surface area contributed by atoms with Crippen molar-refractivity contribution >= 4 is 17.3 Å². The highest BCUT2D eigenvalue weighted by atomic mass is 35.5. The van der Waals surface area contributed by atoms with Gasteiger partial charge >= 0.3 is 0 Å². The standard InChI is InChI=1S/C13H12ClN3O3/c1-9-15-12(14)8-13(18)16(9)7-6-10-2-4-11(5-3-10)17(19)20/h2-5,8H,6-7H2,1H3. The van der Waals surface area contributed by atoms with Gasteiger partial charge < -0.3 is 0 Å². The van der Waals surface area contributed by atoms with Crippen molar-refractivity contribution in [3.05, 3.63) is 67.3 Å². The molecule has 104 valence electrons. The molecule has 0 bridgehead atoms. The normalized spacial score (nSPS) is 10.5. The molecule has 0 saturated carbocycles. The third-order valence-corrected chi connectivity index (χ3v) is 3.13. The molecule has 0 spiro atoms. The Morgan fingerprint density at radius 3 is 2.55 bits per heavy atom. The second kappa shape index (κ2) is 5.83. The van der Waals surface area contributed by atoms with Crippen molar-refractivity contribution in [1.29, 1.82) is 0 Å². The van der Waals surface area contributed by atoms with Gasteiger partial charge in [-0.3, -0.25) is 19.5 Å².